The van der Waals surface area contributed by atoms with Crippen LogP contribution in [0.5, 0.6) is 0 Å². The number of aliphatic hydroxyl groups excluding tert-OH is 2. The van der Waals surface area contributed by atoms with Crippen molar-refractivity contribution >= 4 is 18.2 Å². The zero-order valence-electron chi connectivity index (χ0n) is 9.19. The summed E-state index contributed by atoms with van der Waals surface area (Å²) < 4.78 is 19.7. The molecule has 1 aliphatic heterocycles. The summed E-state index contributed by atoms with van der Waals surface area (Å²) in [5.74, 6) is -2.54. The lowest BCUT2D eigenvalue weighted by Gasteiger charge is -2.21. The zero-order valence-corrected chi connectivity index (χ0v) is 10.0. The monoisotopic (exact) mass is 281 g/mol. The number of hydrogen-bond donors (Lipinski definition) is 3. The zero-order chi connectivity index (χ0) is 12.6. The average Bonchev–Trinajstić information content (AvgIpc) is 2.54. The number of nitrogens with zero attached hydrogens (tertiary/aromatic N) is 2. The van der Waals surface area contributed by atoms with E-state index in [4.69, 9.17) is 15.6 Å². The third-order valence-corrected chi connectivity index (χ3v) is 2.59. The fraction of sp³-hybridized carbons (Fsp3) is 0.556. The minimum absolute atomic E-state index is 0. The number of aromatic nitrogens is 2. The van der Waals surface area contributed by atoms with Crippen molar-refractivity contribution < 1.29 is 19.3 Å². The van der Waals surface area contributed by atoms with E-state index in [1.807, 2.05) is 0 Å². The minimum Gasteiger partial charge on any atom is -0.394 e. The molecule has 18 heavy (non-hydrogen) atoms. The van der Waals surface area contributed by atoms with Gasteiger partial charge in [0.2, 0.25) is 0 Å². The SMILES string of the molecule is Cl.Nc1ccn([C@@]2(F)C[C@H](O)[C@@H](CO)O2)c(=O)n1. The van der Waals surface area contributed by atoms with Gasteiger partial charge in [-0.2, -0.15) is 9.37 Å². The lowest BCUT2D eigenvalue weighted by atomic mass is 10.2. The van der Waals surface area contributed by atoms with Crippen LogP contribution in [0.15, 0.2) is 17.1 Å². The number of anilines is 1. The van der Waals surface area contributed by atoms with E-state index in [-0.39, 0.29) is 18.2 Å². The Morgan fingerprint density at radius 3 is 2.89 bits per heavy atom. The fourth-order valence-corrected chi connectivity index (χ4v) is 1.73. The highest BCUT2D eigenvalue weighted by atomic mass is 35.5. The van der Waals surface area contributed by atoms with Crippen molar-refractivity contribution in [1.29, 1.82) is 0 Å². The molecule has 0 saturated carbocycles. The minimum atomic E-state index is -2.51. The molecular weight excluding hydrogens is 269 g/mol. The number of halogens is 2. The lowest BCUT2D eigenvalue weighted by molar-refractivity contribution is -0.205. The van der Waals surface area contributed by atoms with Gasteiger partial charge < -0.3 is 20.7 Å². The molecule has 1 aliphatic rings. The Bertz CT molecular complexity index is 485. The molecule has 2 heterocycles. The van der Waals surface area contributed by atoms with Gasteiger partial charge in [-0.3, -0.25) is 0 Å². The van der Waals surface area contributed by atoms with Gasteiger partial charge in [-0.25, -0.2) is 9.36 Å². The molecule has 0 spiro atoms. The van der Waals surface area contributed by atoms with Gasteiger partial charge in [0.15, 0.2) is 0 Å². The molecule has 1 saturated heterocycles. The van der Waals surface area contributed by atoms with Crippen LogP contribution < -0.4 is 11.4 Å². The molecule has 0 radical (unpaired) electrons. The van der Waals surface area contributed by atoms with Crippen LogP contribution >= 0.6 is 12.4 Å². The highest BCUT2D eigenvalue weighted by molar-refractivity contribution is 5.85. The number of rotatable bonds is 2. The Morgan fingerprint density at radius 1 is 1.72 bits per heavy atom. The fourth-order valence-electron chi connectivity index (χ4n) is 1.73. The Hall–Kier alpha value is -1.22. The molecule has 2 rings (SSSR count). The molecule has 7 nitrogen and oxygen atoms in total. The summed E-state index contributed by atoms with van der Waals surface area (Å²) in [5, 5.41) is 18.3. The van der Waals surface area contributed by atoms with E-state index < -0.39 is 36.9 Å². The third kappa shape index (κ3) is 2.46. The number of ether oxygens (including phenoxy) is 1. The van der Waals surface area contributed by atoms with Crippen LogP contribution in [0.25, 0.3) is 0 Å². The van der Waals surface area contributed by atoms with Gasteiger partial charge in [-0.15, -0.1) is 12.4 Å². The molecule has 0 aliphatic carbocycles. The first kappa shape index (κ1) is 14.8. The predicted molar refractivity (Wildman–Crippen MR) is 61.8 cm³/mol. The van der Waals surface area contributed by atoms with E-state index in [1.165, 1.54) is 6.07 Å². The predicted octanol–water partition coefficient (Wildman–Crippen LogP) is -1.03. The van der Waals surface area contributed by atoms with Crippen LogP contribution in [0.3, 0.4) is 0 Å². The maximum Gasteiger partial charge on any atom is 0.353 e. The number of aliphatic hydroxyl groups is 2. The molecular formula is C9H13ClFN3O4. The number of nitrogens with two attached hydrogens (primary N) is 1. The van der Waals surface area contributed by atoms with Crippen LogP contribution in [-0.2, 0) is 10.7 Å². The van der Waals surface area contributed by atoms with E-state index >= 15 is 0 Å². The first-order valence-electron chi connectivity index (χ1n) is 4.97. The molecule has 1 aromatic heterocycles. The van der Waals surface area contributed by atoms with Crippen molar-refractivity contribution in [2.24, 2.45) is 0 Å². The average molecular weight is 282 g/mol. The molecule has 0 bridgehead atoms. The molecule has 102 valence electrons. The van der Waals surface area contributed by atoms with Gasteiger partial charge in [0.25, 0.3) is 5.98 Å². The Kier molecular flexibility index (Phi) is 4.28. The van der Waals surface area contributed by atoms with E-state index in [2.05, 4.69) is 4.98 Å². The van der Waals surface area contributed by atoms with Crippen LogP contribution in [0.1, 0.15) is 6.42 Å². The van der Waals surface area contributed by atoms with Crippen LogP contribution in [-0.4, -0.2) is 38.6 Å². The highest BCUT2D eigenvalue weighted by Crippen LogP contribution is 2.35. The lowest BCUT2D eigenvalue weighted by Crippen LogP contribution is -2.39. The molecule has 1 fully saturated rings. The quantitative estimate of drug-likeness (QED) is 0.639. The Labute approximate surface area is 107 Å². The maximum atomic E-state index is 14.3. The van der Waals surface area contributed by atoms with Crippen molar-refractivity contribution in [3.8, 4) is 0 Å². The van der Waals surface area contributed by atoms with Gasteiger partial charge >= 0.3 is 5.69 Å². The molecule has 9 heteroatoms. The summed E-state index contributed by atoms with van der Waals surface area (Å²) in [5.41, 5.74) is 4.35. The second kappa shape index (κ2) is 5.19. The van der Waals surface area contributed by atoms with E-state index in [1.54, 1.807) is 0 Å². The van der Waals surface area contributed by atoms with Crippen molar-refractivity contribution in [3.63, 3.8) is 0 Å². The van der Waals surface area contributed by atoms with Gasteiger partial charge in [0.1, 0.15) is 11.9 Å². The normalized spacial score (nSPS) is 31.1. The van der Waals surface area contributed by atoms with E-state index in [0.717, 1.165) is 6.20 Å². The molecule has 0 aromatic carbocycles. The molecule has 3 atom stereocenters. The van der Waals surface area contributed by atoms with Gasteiger partial charge in [0, 0.05) is 6.20 Å². The van der Waals surface area contributed by atoms with Crippen molar-refractivity contribution in [2.75, 3.05) is 12.3 Å². The third-order valence-electron chi connectivity index (χ3n) is 2.59. The summed E-state index contributed by atoms with van der Waals surface area (Å²) in [4.78, 5) is 14.8. The van der Waals surface area contributed by atoms with Crippen molar-refractivity contribution in [3.05, 3.63) is 22.7 Å². The highest BCUT2D eigenvalue weighted by Gasteiger charge is 2.48. The Morgan fingerprint density at radius 2 is 2.39 bits per heavy atom. The van der Waals surface area contributed by atoms with Crippen LogP contribution in [0.2, 0.25) is 0 Å². The summed E-state index contributed by atoms with van der Waals surface area (Å²) >= 11 is 0. The van der Waals surface area contributed by atoms with E-state index in [0.29, 0.717) is 4.57 Å². The smallest absolute Gasteiger partial charge is 0.353 e. The standard InChI is InChI=1S/C9H12FN3O4.ClH/c10-9(3-5(15)6(4-14)17-9)13-2-1-7(11)12-8(13)16;/h1-2,5-6,14-15H,3-4H2,(H2,11,12,16);1H/t5-,6+,9-;/m0./s1. The summed E-state index contributed by atoms with van der Waals surface area (Å²) in [6.45, 7) is -0.538. The van der Waals surface area contributed by atoms with E-state index in [9.17, 15) is 14.3 Å². The summed E-state index contributed by atoms with van der Waals surface area (Å²) in [6, 6.07) is 1.24. The Balaban J connectivity index is 0.00000162. The molecule has 4 N–H and O–H groups in total. The van der Waals surface area contributed by atoms with Gasteiger partial charge in [0.05, 0.1) is 19.1 Å². The molecule has 0 amide bonds. The molecule has 0 unspecified atom stereocenters. The second-order valence-corrected chi connectivity index (χ2v) is 3.80. The molecule has 1 aromatic rings. The number of alkyl halides is 1. The van der Waals surface area contributed by atoms with Crippen LogP contribution in [0.4, 0.5) is 10.2 Å². The first-order chi connectivity index (χ1) is 7.96. The number of hydrogen-bond acceptors (Lipinski definition) is 6. The van der Waals surface area contributed by atoms with Gasteiger partial charge in [-0.05, 0) is 6.07 Å². The van der Waals surface area contributed by atoms with Crippen LogP contribution in [0, 0.1) is 0 Å². The van der Waals surface area contributed by atoms with Crippen molar-refractivity contribution in [1.82, 2.24) is 9.55 Å². The van der Waals surface area contributed by atoms with Crippen molar-refractivity contribution in [2.45, 2.75) is 24.6 Å². The maximum absolute atomic E-state index is 14.3. The summed E-state index contributed by atoms with van der Waals surface area (Å²) in [6.07, 6.45) is -1.61. The second-order valence-electron chi connectivity index (χ2n) is 3.80. The van der Waals surface area contributed by atoms with Gasteiger partial charge in [-0.1, -0.05) is 0 Å². The summed E-state index contributed by atoms with van der Waals surface area (Å²) in [7, 11) is 0. The topological polar surface area (TPSA) is 111 Å². The number of nitrogen functional groups attached to an aromatic ring is 1. The largest absolute Gasteiger partial charge is 0.394 e. The first-order valence-corrected chi connectivity index (χ1v) is 4.97.